The summed E-state index contributed by atoms with van der Waals surface area (Å²) in [5, 5.41) is 14.0. The largest absolute Gasteiger partial charge is 0.377 e. The average molecular weight is 350 g/mol. The number of nitro groups is 1. The van der Waals surface area contributed by atoms with Crippen molar-refractivity contribution in [1.29, 1.82) is 0 Å². The van der Waals surface area contributed by atoms with Crippen molar-refractivity contribution in [3.05, 3.63) is 63.5 Å². The minimum atomic E-state index is -3.64. The molecule has 0 saturated carbocycles. The topological polar surface area (TPSA) is 89.3 Å². The van der Waals surface area contributed by atoms with Gasteiger partial charge in [0.25, 0.3) is 5.69 Å². The number of hydrogen-bond acceptors (Lipinski definition) is 5. The number of nitrogens with one attached hydrogen (secondary N) is 1. The zero-order valence-corrected chi connectivity index (χ0v) is 13.6. The molecule has 0 spiro atoms. The Bertz CT molecular complexity index is 928. The Kier molecular flexibility index (Phi) is 4.00. The number of non-ortho nitro benzene ring substituents is 1. The van der Waals surface area contributed by atoms with Crippen molar-refractivity contribution in [1.82, 2.24) is 0 Å². The van der Waals surface area contributed by atoms with Crippen LogP contribution in [0.1, 0.15) is 23.6 Å². The lowest BCUT2D eigenvalue weighted by Crippen LogP contribution is -2.11. The Morgan fingerprint density at radius 3 is 2.67 bits per heavy atom. The first-order valence-electron chi connectivity index (χ1n) is 7.29. The van der Waals surface area contributed by atoms with E-state index in [0.29, 0.717) is 18.5 Å². The molecule has 1 N–H and O–H groups in total. The Labute approximate surface area is 138 Å². The third-order valence-electron chi connectivity index (χ3n) is 4.09. The van der Waals surface area contributed by atoms with Crippen molar-refractivity contribution in [2.24, 2.45) is 0 Å². The molecule has 0 saturated heterocycles. The van der Waals surface area contributed by atoms with E-state index in [9.17, 15) is 22.9 Å². The smallest absolute Gasteiger partial charge is 0.270 e. The molecule has 0 bridgehead atoms. The number of rotatable bonds is 4. The molecular weight excluding hydrogens is 335 g/mol. The second-order valence-electron chi connectivity index (χ2n) is 5.79. The Morgan fingerprint density at radius 2 is 2.00 bits per heavy atom. The van der Waals surface area contributed by atoms with Crippen LogP contribution in [0.15, 0.2) is 41.3 Å². The third-order valence-corrected chi connectivity index (χ3v) is 5.22. The van der Waals surface area contributed by atoms with Crippen molar-refractivity contribution in [2.45, 2.75) is 23.8 Å². The lowest BCUT2D eigenvalue weighted by atomic mass is 10.1. The molecule has 0 aromatic heterocycles. The van der Waals surface area contributed by atoms with E-state index in [1.54, 1.807) is 6.07 Å². The minimum absolute atomic E-state index is 0.118. The summed E-state index contributed by atoms with van der Waals surface area (Å²) in [5.74, 6) is -0.304. The summed E-state index contributed by atoms with van der Waals surface area (Å²) in [6.45, 7) is 0. The van der Waals surface area contributed by atoms with Crippen LogP contribution in [0, 0.1) is 15.9 Å². The van der Waals surface area contributed by atoms with E-state index in [2.05, 4.69) is 5.32 Å². The van der Waals surface area contributed by atoms with Crippen LogP contribution in [0.5, 0.6) is 0 Å². The van der Waals surface area contributed by atoms with Crippen LogP contribution in [-0.4, -0.2) is 19.6 Å². The number of nitro benzene ring substituents is 1. The van der Waals surface area contributed by atoms with Gasteiger partial charge in [0, 0.05) is 18.4 Å². The molecule has 1 atom stereocenters. The first kappa shape index (κ1) is 16.4. The highest BCUT2D eigenvalue weighted by Crippen LogP contribution is 2.36. The van der Waals surface area contributed by atoms with E-state index < -0.39 is 14.8 Å². The summed E-state index contributed by atoms with van der Waals surface area (Å²) < 4.78 is 37.3. The molecule has 2 aromatic rings. The quantitative estimate of drug-likeness (QED) is 0.675. The summed E-state index contributed by atoms with van der Waals surface area (Å²) in [7, 11) is -3.64. The number of fused-ring (bicyclic) bond motifs is 1. The maximum absolute atomic E-state index is 13.3. The predicted molar refractivity (Wildman–Crippen MR) is 87.3 cm³/mol. The molecule has 0 heterocycles. The van der Waals surface area contributed by atoms with Crippen molar-refractivity contribution in [3.63, 3.8) is 0 Å². The first-order valence-corrected chi connectivity index (χ1v) is 9.18. The zero-order chi connectivity index (χ0) is 17.5. The van der Waals surface area contributed by atoms with Gasteiger partial charge in [-0.1, -0.05) is 6.07 Å². The van der Waals surface area contributed by atoms with Gasteiger partial charge < -0.3 is 5.32 Å². The van der Waals surface area contributed by atoms with Gasteiger partial charge in [-0.3, -0.25) is 10.1 Å². The van der Waals surface area contributed by atoms with E-state index >= 15 is 0 Å². The van der Waals surface area contributed by atoms with Gasteiger partial charge in [0.2, 0.25) is 0 Å². The first-order chi connectivity index (χ1) is 11.3. The molecule has 0 aliphatic heterocycles. The van der Waals surface area contributed by atoms with Crippen molar-refractivity contribution < 1.29 is 17.7 Å². The average Bonchev–Trinajstić information content (AvgIpc) is 2.88. The molecule has 1 unspecified atom stereocenters. The summed E-state index contributed by atoms with van der Waals surface area (Å²) in [5.41, 5.74) is 1.82. The fourth-order valence-electron chi connectivity index (χ4n) is 2.97. The Balaban J connectivity index is 1.99. The molecule has 0 fully saturated rings. The van der Waals surface area contributed by atoms with Gasteiger partial charge in [0.1, 0.15) is 5.82 Å². The number of aryl methyl sites for hydroxylation is 1. The minimum Gasteiger partial charge on any atom is -0.377 e. The number of anilines is 1. The van der Waals surface area contributed by atoms with Crippen LogP contribution in [0.2, 0.25) is 0 Å². The standard InChI is InChI=1S/C16H15FN2O4S/c1-24(22,23)16-9-12(19(20)21)4-7-15(16)18-14-6-2-10-8-11(17)3-5-13(10)14/h3-5,7-9,14,18H,2,6H2,1H3. The van der Waals surface area contributed by atoms with Crippen molar-refractivity contribution in [3.8, 4) is 0 Å². The van der Waals surface area contributed by atoms with E-state index in [-0.39, 0.29) is 22.4 Å². The molecule has 0 amide bonds. The van der Waals surface area contributed by atoms with Crippen LogP contribution in [-0.2, 0) is 16.3 Å². The molecule has 1 aliphatic carbocycles. The lowest BCUT2D eigenvalue weighted by Gasteiger charge is -2.18. The molecule has 126 valence electrons. The monoisotopic (exact) mass is 350 g/mol. The fourth-order valence-corrected chi connectivity index (χ4v) is 3.84. The SMILES string of the molecule is CS(=O)(=O)c1cc([N+](=O)[O-])ccc1NC1CCc2cc(F)ccc21. The van der Waals surface area contributed by atoms with Gasteiger partial charge in [-0.2, -0.15) is 0 Å². The van der Waals surface area contributed by atoms with E-state index in [1.807, 2.05) is 0 Å². The number of hydrogen-bond donors (Lipinski definition) is 1. The van der Waals surface area contributed by atoms with E-state index in [4.69, 9.17) is 0 Å². The number of nitrogens with zero attached hydrogens (tertiary/aromatic N) is 1. The molecule has 0 radical (unpaired) electrons. The maximum atomic E-state index is 13.3. The number of halogens is 1. The highest BCUT2D eigenvalue weighted by atomic mass is 32.2. The third kappa shape index (κ3) is 3.09. The predicted octanol–water partition coefficient (Wildman–Crippen LogP) is 3.24. The molecule has 6 nitrogen and oxygen atoms in total. The van der Waals surface area contributed by atoms with Gasteiger partial charge in [-0.05, 0) is 42.2 Å². The molecule has 24 heavy (non-hydrogen) atoms. The summed E-state index contributed by atoms with van der Waals surface area (Å²) in [4.78, 5) is 10.1. The Hall–Kier alpha value is -2.48. The summed E-state index contributed by atoms with van der Waals surface area (Å²) in [6.07, 6.45) is 2.39. The van der Waals surface area contributed by atoms with Gasteiger partial charge >= 0.3 is 0 Å². The molecule has 8 heteroatoms. The molecule has 2 aromatic carbocycles. The van der Waals surface area contributed by atoms with Crippen LogP contribution < -0.4 is 5.32 Å². The van der Waals surface area contributed by atoms with Gasteiger partial charge in [-0.15, -0.1) is 0 Å². The van der Waals surface area contributed by atoms with Crippen molar-refractivity contribution >= 4 is 21.2 Å². The Morgan fingerprint density at radius 1 is 1.25 bits per heavy atom. The molecule has 1 aliphatic rings. The van der Waals surface area contributed by atoms with Gasteiger partial charge in [0.15, 0.2) is 9.84 Å². The number of sulfone groups is 1. The highest BCUT2D eigenvalue weighted by Gasteiger charge is 2.25. The second-order valence-corrected chi connectivity index (χ2v) is 7.77. The van der Waals surface area contributed by atoms with Crippen LogP contribution in [0.3, 0.4) is 0 Å². The van der Waals surface area contributed by atoms with E-state index in [1.165, 1.54) is 24.3 Å². The summed E-state index contributed by atoms with van der Waals surface area (Å²) >= 11 is 0. The van der Waals surface area contributed by atoms with Crippen LogP contribution in [0.25, 0.3) is 0 Å². The van der Waals surface area contributed by atoms with Crippen LogP contribution in [0.4, 0.5) is 15.8 Å². The summed E-state index contributed by atoms with van der Waals surface area (Å²) in [6, 6.07) is 8.07. The maximum Gasteiger partial charge on any atom is 0.270 e. The van der Waals surface area contributed by atoms with E-state index in [0.717, 1.165) is 23.4 Å². The van der Waals surface area contributed by atoms with Crippen molar-refractivity contribution in [2.75, 3.05) is 11.6 Å². The normalized spacial score (nSPS) is 16.7. The lowest BCUT2D eigenvalue weighted by molar-refractivity contribution is -0.385. The zero-order valence-electron chi connectivity index (χ0n) is 12.8. The van der Waals surface area contributed by atoms with Gasteiger partial charge in [-0.25, -0.2) is 12.8 Å². The molecular formula is C16H15FN2O4S. The number of benzene rings is 2. The molecule has 3 rings (SSSR count). The van der Waals surface area contributed by atoms with Gasteiger partial charge in [0.05, 0.1) is 21.5 Å². The fraction of sp³-hybridized carbons (Fsp3) is 0.250. The van der Waals surface area contributed by atoms with Crippen LogP contribution >= 0.6 is 0 Å². The second kappa shape index (κ2) is 5.86. The highest BCUT2D eigenvalue weighted by molar-refractivity contribution is 7.90.